The minimum atomic E-state index is -3.42. The zero-order valence-electron chi connectivity index (χ0n) is 91.1. The van der Waals surface area contributed by atoms with Gasteiger partial charge in [-0.1, -0.05) is 219 Å². The highest BCUT2D eigenvalue weighted by molar-refractivity contribution is 7.89. The van der Waals surface area contributed by atoms with Crippen molar-refractivity contribution in [2.45, 2.75) is 382 Å². The predicted molar refractivity (Wildman–Crippen MR) is 562 cm³/mol. The SMILES string of the molecule is C=CCNC(=O)C(=O)C(CC1CCC1)NC(=O)[C@@H]1[C@@H]2[C@H](CN1C(=O)[C@@H](NC(=O)N[C@H](CN1CCCCS1(=O)=O)C(C)(C)C)C1CCCCC1)C2(C)C.CC(C)(C)[C@@H](CN1CCCCS1(=O)=O)NC(=O)N[C@H](C(=O)N1C[C@H]2[C@@H]([C@H]1C(=O)NC(CC1CC1)C(=O)C(N)=O)C2(C)C)C1CCCCC1.CC(C)(C)[C@@H](CN1CCCCS1(=O)=O)NC(=O)N[C@H](C(=O)N1C[C@H]2[C@@H]([C@H]1C(=O)NC(CC1CCC1)C(=O)C(N)=O)C2(C)C)C1CCCCC1. The number of urea groups is 3. The van der Waals surface area contributed by atoms with Gasteiger partial charge in [-0.05, 0) is 200 Å². The van der Waals surface area contributed by atoms with Gasteiger partial charge < -0.3 is 79.3 Å². The molecule has 15 fully saturated rings. The van der Waals surface area contributed by atoms with E-state index in [1.165, 1.54) is 19.0 Å². The Morgan fingerprint density at radius 1 is 0.342 bits per heavy atom. The highest BCUT2D eigenvalue weighted by Crippen LogP contribution is 2.67. The maximum absolute atomic E-state index is 14.7. The fourth-order valence-corrected chi connectivity index (χ4v) is 30.8. The van der Waals surface area contributed by atoms with Gasteiger partial charge in [0.05, 0.1) is 35.4 Å². The summed E-state index contributed by atoms with van der Waals surface area (Å²) in [5, 5.41) is 29.1. The zero-order valence-corrected chi connectivity index (χ0v) is 93.5. The number of nitrogens with one attached hydrogen (secondary N) is 10. The number of primary amides is 2. The van der Waals surface area contributed by atoms with Crippen LogP contribution in [0, 0.1) is 104 Å². The minimum Gasteiger partial charge on any atom is -0.363 e. The van der Waals surface area contributed by atoms with E-state index in [0.29, 0.717) is 77.8 Å². The Morgan fingerprint density at radius 3 is 0.832 bits per heavy atom. The van der Waals surface area contributed by atoms with Crippen molar-refractivity contribution in [3.8, 4) is 0 Å². The van der Waals surface area contributed by atoms with Crippen LogP contribution in [0.1, 0.15) is 309 Å². The van der Waals surface area contributed by atoms with Crippen LogP contribution in [-0.4, -0.2) is 297 Å². The molecule has 6 heterocycles. The summed E-state index contributed by atoms with van der Waals surface area (Å²) in [5.74, 6) is -7.16. The molecule has 3 unspecified atom stereocenters. The lowest BCUT2D eigenvalue weighted by Gasteiger charge is -2.39. The van der Waals surface area contributed by atoms with Crippen molar-refractivity contribution in [2.75, 3.05) is 82.7 Å². The van der Waals surface area contributed by atoms with Gasteiger partial charge in [0.25, 0.3) is 17.7 Å². The summed E-state index contributed by atoms with van der Waals surface area (Å²) in [7, 11) is -10.2. The molecule has 149 heavy (non-hydrogen) atoms. The van der Waals surface area contributed by atoms with Crippen LogP contribution in [0.5, 0.6) is 0 Å². The van der Waals surface area contributed by atoms with Crippen molar-refractivity contribution < 1.29 is 97.2 Å². The van der Waals surface area contributed by atoms with E-state index in [2.05, 4.69) is 101 Å². The lowest BCUT2D eigenvalue weighted by molar-refractivity contribution is -0.145. The maximum Gasteiger partial charge on any atom is 0.315 e. The van der Waals surface area contributed by atoms with Gasteiger partial charge >= 0.3 is 18.1 Å². The molecule has 838 valence electrons. The van der Waals surface area contributed by atoms with Gasteiger partial charge in [0, 0.05) is 83.6 Å². The van der Waals surface area contributed by atoms with Crippen molar-refractivity contribution in [2.24, 2.45) is 115 Å². The molecule has 42 heteroatoms. The van der Waals surface area contributed by atoms with Crippen molar-refractivity contribution in [3.63, 3.8) is 0 Å². The van der Waals surface area contributed by atoms with E-state index in [1.807, 2.05) is 62.3 Å². The number of carbonyl (C=O) groups is 15. The molecule has 0 radical (unpaired) electrons. The summed E-state index contributed by atoms with van der Waals surface area (Å²) in [5.41, 5.74) is 8.72. The number of hydrogen-bond donors (Lipinski definition) is 12. The molecule has 0 spiro atoms. The van der Waals surface area contributed by atoms with Crippen LogP contribution in [0.15, 0.2) is 12.7 Å². The molecule has 6 saturated heterocycles. The second kappa shape index (κ2) is 47.9. The van der Waals surface area contributed by atoms with Crippen LogP contribution in [-0.2, 0) is 87.6 Å². The Balaban J connectivity index is 0.000000187. The van der Waals surface area contributed by atoms with Gasteiger partial charge in [-0.15, -0.1) is 6.58 Å². The van der Waals surface area contributed by atoms with Crippen LogP contribution in [0.3, 0.4) is 0 Å². The van der Waals surface area contributed by atoms with E-state index in [-0.39, 0.29) is 148 Å². The van der Waals surface area contributed by atoms with Crippen LogP contribution >= 0.6 is 0 Å². The number of ketones is 3. The van der Waals surface area contributed by atoms with Crippen molar-refractivity contribution in [1.29, 1.82) is 0 Å². The van der Waals surface area contributed by atoms with Gasteiger partial charge in [0.15, 0.2) is 0 Å². The predicted octanol–water partition coefficient (Wildman–Crippen LogP) is 7.29. The third kappa shape index (κ3) is 28.5. The zero-order chi connectivity index (χ0) is 109. The molecule has 0 aromatic carbocycles. The number of sulfonamides is 3. The molecule has 15 amide bonds. The van der Waals surface area contributed by atoms with Gasteiger partial charge in [0.2, 0.25) is 82.9 Å². The number of fused-ring (bicyclic) bond motifs is 3. The molecule has 14 N–H and O–H groups in total. The van der Waals surface area contributed by atoms with Crippen molar-refractivity contribution in [3.05, 3.63) is 12.7 Å². The largest absolute Gasteiger partial charge is 0.363 e. The number of likely N-dealkylation sites (tertiary alicyclic amines) is 3. The van der Waals surface area contributed by atoms with Crippen LogP contribution < -0.4 is 64.6 Å². The van der Waals surface area contributed by atoms with E-state index in [0.717, 1.165) is 167 Å². The highest BCUT2D eigenvalue weighted by atomic mass is 32.2. The van der Waals surface area contributed by atoms with Gasteiger partial charge in [-0.3, -0.25) is 57.5 Å². The second-order valence-electron chi connectivity index (χ2n) is 51.3. The number of piperidine rings is 3. The average Bonchev–Trinajstić information content (AvgIpc) is 1.53. The van der Waals surface area contributed by atoms with Gasteiger partial charge in [-0.25, -0.2) is 39.6 Å². The standard InChI is InChI=1S/C38H62N6O7S.C35H58N6O7S.C34H56N6O7S/c1-7-18-39-34(47)32(45)27(21-24-14-13-15-24)40-33(46)31-29-26(38(29,5)6)22-44(31)35(48)30(25-16-9-8-10-17-25)42-36(49)41-28(37(2,3)4)23-43-19-11-12-20-52(43,50)51;1-34(2,3)25(20-40-16-9-10-17-49(40,47)48)38-33(46)39-27(22-14-7-6-8-15-22)32(45)41-19-23-26(35(23,4)5)28(41)31(44)37-24(29(42)30(36)43)18-21-12-11-13-21;1-33(2,3)24(19-39-15-9-10-16-48(39,46)47)37-32(45)38-26(21-11-7-6-8-12-21)31(44)40-18-22-25(34(22,4)5)27(40)30(43)36-23(17-20-13-14-20)28(41)29(35)42/h7,24-31H,1,8-23H2,2-6H3,(H,39,47)(H,40,46)(H2,41,42,49);21-28H,6-20H2,1-5H3,(H2,36,43)(H,37,44)(H2,38,39,46);20-27H,6-19H2,1-5H3,(H2,35,42)(H,36,43)(H2,37,38,45)/t26-,27?,28+,29-,30-,31-;23-,24?,25+,26-,27-,28-;22-,23?,24+,25-,26-,27-/m000/s1. The van der Waals surface area contributed by atoms with E-state index < -0.39 is 190 Å². The first kappa shape index (κ1) is 118. The Kier molecular flexibility index (Phi) is 37.8. The molecule has 15 aliphatic rings. The molecule has 6 aliphatic heterocycles. The second-order valence-corrected chi connectivity index (χ2v) is 57.6. The highest BCUT2D eigenvalue weighted by Gasteiger charge is 2.73. The molecule has 9 saturated carbocycles. The van der Waals surface area contributed by atoms with E-state index in [4.69, 9.17) is 11.5 Å². The van der Waals surface area contributed by atoms with Crippen LogP contribution in [0.4, 0.5) is 14.4 Å². The summed E-state index contributed by atoms with van der Waals surface area (Å²) in [6.07, 6.45) is 27.5. The number of carbonyl (C=O) groups excluding carboxylic acids is 15. The number of amides is 15. The molecule has 0 aromatic rings. The summed E-state index contributed by atoms with van der Waals surface area (Å²) < 4.78 is 81.2. The molecule has 39 nitrogen and oxygen atoms in total. The maximum atomic E-state index is 14.7. The quantitative estimate of drug-likeness (QED) is 0.0213. The van der Waals surface area contributed by atoms with Crippen LogP contribution in [0.25, 0.3) is 0 Å². The summed E-state index contributed by atoms with van der Waals surface area (Å²) in [6, 6.07) is -11.4. The lowest BCUT2D eigenvalue weighted by Crippen LogP contribution is -2.62. The first-order chi connectivity index (χ1) is 69.8. The minimum absolute atomic E-state index is 0.0847. The molecular weight excluding hydrogens is 1970 g/mol. The molecule has 9 aliphatic carbocycles. The molecule has 0 bridgehead atoms. The fourth-order valence-electron chi connectivity index (χ4n) is 25.9. The average molecular weight is 2150 g/mol. The number of rotatable bonds is 38. The Labute approximate surface area is 883 Å². The molecule has 18 atom stereocenters. The number of nitrogens with two attached hydrogens (primary N) is 2. The number of nitrogens with zero attached hydrogens (tertiary/aromatic N) is 6. The molecular formula is C107H176N18O21S3. The third-order valence-electron chi connectivity index (χ3n) is 36.7. The Bertz CT molecular complexity index is 5280. The topological polar surface area (TPSA) is 550 Å². The lowest BCUT2D eigenvalue weighted by atomic mass is 9.80. The fraction of sp³-hybridized carbons (Fsp3) is 0.841. The van der Waals surface area contributed by atoms with Crippen molar-refractivity contribution >= 4 is 119 Å². The van der Waals surface area contributed by atoms with Gasteiger partial charge in [-0.2, -0.15) is 12.9 Å². The van der Waals surface area contributed by atoms with Crippen LogP contribution in [0.2, 0.25) is 0 Å². The molecule has 0 aromatic heterocycles. The van der Waals surface area contributed by atoms with E-state index >= 15 is 0 Å². The Morgan fingerprint density at radius 2 is 0.604 bits per heavy atom. The normalized spacial score (nSPS) is 28.3. The smallest absolute Gasteiger partial charge is 0.315 e. The summed E-state index contributed by atoms with van der Waals surface area (Å²) in [6.45, 7) is 36.4. The monoisotopic (exact) mass is 2150 g/mol. The van der Waals surface area contributed by atoms with E-state index in [1.54, 1.807) is 14.7 Å². The summed E-state index contributed by atoms with van der Waals surface area (Å²) >= 11 is 0. The number of hydrogen-bond acceptors (Lipinski definition) is 21. The number of Topliss-reactive ketones (excluding diaryl/α,β-unsaturated/α-hetero) is 3. The molecule has 15 rings (SSSR count). The van der Waals surface area contributed by atoms with Crippen molar-refractivity contribution in [1.82, 2.24) is 80.8 Å². The summed E-state index contributed by atoms with van der Waals surface area (Å²) in [4.78, 5) is 208. The Hall–Kier alpha value is -8.48. The third-order valence-corrected chi connectivity index (χ3v) is 42.5. The first-order valence-corrected chi connectivity index (χ1v) is 60.7. The first-order valence-electron chi connectivity index (χ1n) is 55.9. The van der Waals surface area contributed by atoms with E-state index in [9.17, 15) is 97.2 Å². The van der Waals surface area contributed by atoms with Gasteiger partial charge in [0.1, 0.15) is 36.3 Å².